The number of primary amides is 1. The minimum Gasteiger partial charge on any atom is -0.366 e. The largest absolute Gasteiger partial charge is 0.366 e. The summed E-state index contributed by atoms with van der Waals surface area (Å²) in [6, 6.07) is 4.42. The number of hydrogen-bond donors (Lipinski definition) is 3. The van der Waals surface area contributed by atoms with E-state index in [-0.39, 0.29) is 22.9 Å². The van der Waals surface area contributed by atoms with Crippen LogP contribution in [0.2, 0.25) is 0 Å². The Balaban J connectivity index is 0.00000242. The molecule has 1 fully saturated rings. The van der Waals surface area contributed by atoms with E-state index in [4.69, 9.17) is 5.73 Å². The zero-order valence-electron chi connectivity index (χ0n) is 12.5. The van der Waals surface area contributed by atoms with Crippen LogP contribution < -0.4 is 15.8 Å². The van der Waals surface area contributed by atoms with Crippen molar-refractivity contribution in [3.8, 4) is 0 Å². The molecule has 0 bridgehead atoms. The first kappa shape index (κ1) is 18.9. The Morgan fingerprint density at radius 3 is 2.77 bits per heavy atom. The molecule has 1 saturated heterocycles. The van der Waals surface area contributed by atoms with Crippen molar-refractivity contribution >= 4 is 28.3 Å². The molecule has 4 N–H and O–H groups in total. The molecule has 1 atom stereocenters. The highest BCUT2D eigenvalue weighted by Gasteiger charge is 2.20. The Bertz CT molecular complexity index is 628. The van der Waals surface area contributed by atoms with Crippen molar-refractivity contribution in [2.45, 2.75) is 24.7 Å². The first-order chi connectivity index (χ1) is 9.90. The molecule has 1 amide bonds. The van der Waals surface area contributed by atoms with Gasteiger partial charge in [0.25, 0.3) is 0 Å². The van der Waals surface area contributed by atoms with E-state index >= 15 is 0 Å². The van der Waals surface area contributed by atoms with Crippen LogP contribution in [0.3, 0.4) is 0 Å². The minimum absolute atomic E-state index is 0. The fourth-order valence-corrected chi connectivity index (χ4v) is 3.58. The summed E-state index contributed by atoms with van der Waals surface area (Å²) in [5, 5.41) is 3.25. The zero-order chi connectivity index (χ0) is 15.5. The molecule has 1 aromatic carbocycles. The van der Waals surface area contributed by atoms with Crippen LogP contribution in [0.1, 0.15) is 28.8 Å². The van der Waals surface area contributed by atoms with Crippen LogP contribution in [0, 0.1) is 12.8 Å². The molecule has 1 aliphatic rings. The van der Waals surface area contributed by atoms with Crippen molar-refractivity contribution in [1.82, 2.24) is 10.0 Å². The fraction of sp³-hybridized carbons (Fsp3) is 0.500. The van der Waals surface area contributed by atoms with Gasteiger partial charge in [-0.15, -0.1) is 12.4 Å². The Hall–Kier alpha value is -1.15. The lowest BCUT2D eigenvalue weighted by Crippen LogP contribution is -2.38. The van der Waals surface area contributed by atoms with Crippen molar-refractivity contribution in [2.75, 3.05) is 19.6 Å². The Morgan fingerprint density at radius 1 is 1.45 bits per heavy atom. The summed E-state index contributed by atoms with van der Waals surface area (Å²) in [6.07, 6.45) is 2.07. The average molecular weight is 348 g/mol. The van der Waals surface area contributed by atoms with E-state index in [9.17, 15) is 13.2 Å². The van der Waals surface area contributed by atoms with Crippen LogP contribution in [0.25, 0.3) is 0 Å². The lowest BCUT2D eigenvalue weighted by molar-refractivity contribution is 0.0999. The third-order valence-corrected chi connectivity index (χ3v) is 5.17. The number of sulfonamides is 1. The number of aryl methyl sites for hydroxylation is 1. The molecule has 1 aliphatic heterocycles. The topological polar surface area (TPSA) is 101 Å². The van der Waals surface area contributed by atoms with Crippen LogP contribution in [-0.4, -0.2) is 34.0 Å². The van der Waals surface area contributed by atoms with Gasteiger partial charge >= 0.3 is 0 Å². The number of piperidine rings is 1. The molecule has 6 nitrogen and oxygen atoms in total. The van der Waals surface area contributed by atoms with Gasteiger partial charge in [-0.25, -0.2) is 13.1 Å². The zero-order valence-corrected chi connectivity index (χ0v) is 14.1. The second-order valence-corrected chi connectivity index (χ2v) is 7.17. The molecule has 22 heavy (non-hydrogen) atoms. The van der Waals surface area contributed by atoms with Gasteiger partial charge in [-0.2, -0.15) is 0 Å². The number of hydrogen-bond acceptors (Lipinski definition) is 4. The molecule has 0 radical (unpaired) electrons. The van der Waals surface area contributed by atoms with Crippen molar-refractivity contribution < 1.29 is 13.2 Å². The molecule has 0 aliphatic carbocycles. The highest BCUT2D eigenvalue weighted by atomic mass is 35.5. The quantitative estimate of drug-likeness (QED) is 0.733. The molecule has 1 aromatic rings. The van der Waals surface area contributed by atoms with Gasteiger partial charge in [-0.3, -0.25) is 4.79 Å². The summed E-state index contributed by atoms with van der Waals surface area (Å²) < 4.78 is 27.2. The average Bonchev–Trinajstić information content (AvgIpc) is 2.46. The van der Waals surface area contributed by atoms with Crippen molar-refractivity contribution in [3.63, 3.8) is 0 Å². The third-order valence-electron chi connectivity index (χ3n) is 3.75. The van der Waals surface area contributed by atoms with Gasteiger partial charge in [0.05, 0.1) is 4.90 Å². The predicted octanol–water partition coefficient (Wildman–Crippen LogP) is 0.794. The highest BCUT2D eigenvalue weighted by Crippen LogP contribution is 2.16. The molecular formula is C14H22ClN3O3S. The Kier molecular flexibility index (Phi) is 6.80. The molecule has 1 unspecified atom stereocenters. The van der Waals surface area contributed by atoms with E-state index in [1.54, 1.807) is 13.0 Å². The summed E-state index contributed by atoms with van der Waals surface area (Å²) in [6.45, 7) is 3.93. The first-order valence-corrected chi connectivity index (χ1v) is 8.49. The SMILES string of the molecule is Cc1ccc(S(=O)(=O)NCC2CCCNC2)cc1C(N)=O.Cl. The maximum Gasteiger partial charge on any atom is 0.249 e. The third kappa shape index (κ3) is 4.67. The molecule has 8 heteroatoms. The van der Waals surface area contributed by atoms with Crippen molar-refractivity contribution in [3.05, 3.63) is 29.3 Å². The van der Waals surface area contributed by atoms with Gasteiger partial charge in [-0.05, 0) is 56.5 Å². The van der Waals surface area contributed by atoms with Crippen LogP contribution >= 0.6 is 12.4 Å². The van der Waals surface area contributed by atoms with E-state index in [0.29, 0.717) is 18.0 Å². The first-order valence-electron chi connectivity index (χ1n) is 7.01. The second kappa shape index (κ2) is 7.92. The van der Waals surface area contributed by atoms with Gasteiger partial charge in [0.15, 0.2) is 0 Å². The molecule has 0 spiro atoms. The van der Waals surface area contributed by atoms with Gasteiger partial charge in [-0.1, -0.05) is 6.07 Å². The highest BCUT2D eigenvalue weighted by molar-refractivity contribution is 7.89. The van der Waals surface area contributed by atoms with Gasteiger partial charge in [0, 0.05) is 12.1 Å². The van der Waals surface area contributed by atoms with Crippen LogP contribution in [0.15, 0.2) is 23.1 Å². The summed E-state index contributed by atoms with van der Waals surface area (Å²) in [5.74, 6) is -0.324. The van der Waals surface area contributed by atoms with E-state index in [1.807, 2.05) is 0 Å². The summed E-state index contributed by atoms with van der Waals surface area (Å²) >= 11 is 0. The number of nitrogens with one attached hydrogen (secondary N) is 2. The van der Waals surface area contributed by atoms with Gasteiger partial charge in [0.2, 0.25) is 15.9 Å². The maximum atomic E-state index is 12.3. The second-order valence-electron chi connectivity index (χ2n) is 5.41. The molecule has 1 heterocycles. The number of carbonyl (C=O) groups excluding carboxylic acids is 1. The molecule has 0 saturated carbocycles. The number of halogens is 1. The summed E-state index contributed by atoms with van der Waals surface area (Å²) in [5.41, 5.74) is 6.15. The van der Waals surface area contributed by atoms with Crippen LogP contribution in [0.4, 0.5) is 0 Å². The lowest BCUT2D eigenvalue weighted by atomic mass is 10.0. The standard InChI is InChI=1S/C14H21N3O3S.ClH/c1-10-4-5-12(7-13(10)14(15)18)21(19,20)17-9-11-3-2-6-16-8-11;/h4-5,7,11,16-17H,2-3,6,8-9H2,1H3,(H2,15,18);1H. The Morgan fingerprint density at radius 2 is 2.18 bits per heavy atom. The number of benzene rings is 1. The predicted molar refractivity (Wildman–Crippen MR) is 87.7 cm³/mol. The van der Waals surface area contributed by atoms with Gasteiger partial charge < -0.3 is 11.1 Å². The minimum atomic E-state index is -3.62. The van der Waals surface area contributed by atoms with Crippen molar-refractivity contribution in [1.29, 1.82) is 0 Å². The molecular weight excluding hydrogens is 326 g/mol. The van der Waals surface area contributed by atoms with Crippen molar-refractivity contribution in [2.24, 2.45) is 11.7 Å². The summed E-state index contributed by atoms with van der Waals surface area (Å²) in [4.78, 5) is 11.4. The maximum absolute atomic E-state index is 12.3. The van der Waals surface area contributed by atoms with Crippen LogP contribution in [-0.2, 0) is 10.0 Å². The number of nitrogens with two attached hydrogens (primary N) is 1. The van der Waals surface area contributed by atoms with E-state index < -0.39 is 15.9 Å². The van der Waals surface area contributed by atoms with E-state index in [2.05, 4.69) is 10.0 Å². The number of rotatable bonds is 5. The molecule has 124 valence electrons. The Labute approximate surface area is 137 Å². The fourth-order valence-electron chi connectivity index (χ4n) is 2.44. The molecule has 0 aromatic heterocycles. The summed E-state index contributed by atoms with van der Waals surface area (Å²) in [7, 11) is -3.62. The smallest absolute Gasteiger partial charge is 0.249 e. The lowest BCUT2D eigenvalue weighted by Gasteiger charge is -2.22. The van der Waals surface area contributed by atoms with E-state index in [0.717, 1.165) is 25.9 Å². The number of carbonyl (C=O) groups is 1. The van der Waals surface area contributed by atoms with E-state index in [1.165, 1.54) is 12.1 Å². The number of amides is 1. The molecule has 2 rings (SSSR count). The monoisotopic (exact) mass is 347 g/mol. The van der Waals surface area contributed by atoms with Crippen LogP contribution in [0.5, 0.6) is 0 Å². The van der Waals surface area contributed by atoms with Gasteiger partial charge in [0.1, 0.15) is 0 Å². The normalized spacial score (nSPS) is 18.5.